The average molecular weight is 393 g/mol. The molecule has 0 saturated carbocycles. The standard InChI is InChI=1S/C24H27NO4/c26-19-11-14-25(15-12-19)13-4-5-16-28-21-9-6-10-22-24(21)20(27)17-23(29-22)18-7-2-1-3-8-18/h1-3,6-10,17,19,26H,4-5,11-16H2. The van der Waals surface area contributed by atoms with E-state index in [1.165, 1.54) is 6.07 Å². The fourth-order valence-corrected chi connectivity index (χ4v) is 3.81. The second kappa shape index (κ2) is 9.25. The zero-order chi connectivity index (χ0) is 20.1. The molecule has 1 aliphatic rings. The lowest BCUT2D eigenvalue weighted by Crippen LogP contribution is -2.36. The van der Waals surface area contributed by atoms with E-state index < -0.39 is 0 Å². The molecule has 152 valence electrons. The van der Waals surface area contributed by atoms with Crippen molar-refractivity contribution in [2.45, 2.75) is 31.8 Å². The SMILES string of the molecule is O=c1cc(-c2ccccc2)oc2cccc(OCCCCN3CCC(O)CC3)c12. The molecule has 1 aromatic heterocycles. The number of nitrogens with zero attached hydrogens (tertiary/aromatic N) is 1. The molecule has 0 atom stereocenters. The van der Waals surface area contributed by atoms with Gasteiger partial charge in [-0.1, -0.05) is 36.4 Å². The molecule has 2 heterocycles. The van der Waals surface area contributed by atoms with Crippen molar-refractivity contribution < 1.29 is 14.3 Å². The van der Waals surface area contributed by atoms with Gasteiger partial charge in [0.2, 0.25) is 0 Å². The van der Waals surface area contributed by atoms with Crippen LogP contribution in [-0.4, -0.2) is 42.4 Å². The Morgan fingerprint density at radius 2 is 1.83 bits per heavy atom. The molecule has 0 unspecified atom stereocenters. The van der Waals surface area contributed by atoms with E-state index in [9.17, 15) is 9.90 Å². The number of piperidine rings is 1. The second-order valence-electron chi connectivity index (χ2n) is 7.60. The minimum absolute atomic E-state index is 0.0902. The monoisotopic (exact) mass is 393 g/mol. The number of hydrogen-bond donors (Lipinski definition) is 1. The number of unbranched alkanes of at least 4 members (excludes halogenated alkanes) is 1. The summed E-state index contributed by atoms with van der Waals surface area (Å²) in [6.45, 7) is 3.52. The van der Waals surface area contributed by atoms with Gasteiger partial charge in [-0.3, -0.25) is 4.79 Å². The molecule has 1 N–H and O–H groups in total. The Kier molecular flexibility index (Phi) is 6.27. The van der Waals surface area contributed by atoms with Crippen molar-refractivity contribution in [2.75, 3.05) is 26.2 Å². The lowest BCUT2D eigenvalue weighted by molar-refractivity contribution is 0.0812. The Hall–Kier alpha value is -2.63. The molecule has 0 radical (unpaired) electrons. The van der Waals surface area contributed by atoms with Crippen molar-refractivity contribution in [3.05, 3.63) is 64.8 Å². The lowest BCUT2D eigenvalue weighted by atomic mass is 10.1. The third-order valence-electron chi connectivity index (χ3n) is 5.46. The van der Waals surface area contributed by atoms with Gasteiger partial charge in [0.25, 0.3) is 0 Å². The van der Waals surface area contributed by atoms with Crippen LogP contribution in [0.3, 0.4) is 0 Å². The Labute approximate surface area is 170 Å². The van der Waals surface area contributed by atoms with E-state index in [4.69, 9.17) is 9.15 Å². The summed E-state index contributed by atoms with van der Waals surface area (Å²) in [7, 11) is 0. The van der Waals surface area contributed by atoms with Crippen molar-refractivity contribution in [2.24, 2.45) is 0 Å². The fourth-order valence-electron chi connectivity index (χ4n) is 3.81. The minimum Gasteiger partial charge on any atom is -0.493 e. The van der Waals surface area contributed by atoms with E-state index in [-0.39, 0.29) is 11.5 Å². The molecular formula is C24H27NO4. The highest BCUT2D eigenvalue weighted by molar-refractivity contribution is 5.84. The summed E-state index contributed by atoms with van der Waals surface area (Å²) in [6.07, 6.45) is 3.56. The first kappa shape index (κ1) is 19.7. The van der Waals surface area contributed by atoms with Crippen LogP contribution >= 0.6 is 0 Å². The van der Waals surface area contributed by atoms with Gasteiger partial charge in [-0.2, -0.15) is 0 Å². The van der Waals surface area contributed by atoms with Crippen molar-refractivity contribution in [3.63, 3.8) is 0 Å². The Balaban J connectivity index is 1.38. The molecule has 1 fully saturated rings. The molecule has 0 spiro atoms. The van der Waals surface area contributed by atoms with Crippen molar-refractivity contribution in [3.8, 4) is 17.1 Å². The third-order valence-corrected chi connectivity index (χ3v) is 5.46. The quantitative estimate of drug-likeness (QED) is 0.613. The van der Waals surface area contributed by atoms with Gasteiger partial charge in [-0.05, 0) is 44.4 Å². The molecule has 1 saturated heterocycles. The summed E-state index contributed by atoms with van der Waals surface area (Å²) < 4.78 is 11.9. The van der Waals surface area contributed by atoms with E-state index in [1.807, 2.05) is 42.5 Å². The molecule has 1 aliphatic heterocycles. The largest absolute Gasteiger partial charge is 0.493 e. The predicted molar refractivity (Wildman–Crippen MR) is 114 cm³/mol. The Morgan fingerprint density at radius 1 is 1.03 bits per heavy atom. The summed E-state index contributed by atoms with van der Waals surface area (Å²) in [5.74, 6) is 1.14. The molecular weight excluding hydrogens is 366 g/mol. The zero-order valence-electron chi connectivity index (χ0n) is 16.5. The number of aliphatic hydroxyl groups excluding tert-OH is 1. The Bertz CT molecular complexity index is 991. The summed E-state index contributed by atoms with van der Waals surface area (Å²) >= 11 is 0. The predicted octanol–water partition coefficient (Wildman–Crippen LogP) is 4.08. The van der Waals surface area contributed by atoms with Crippen LogP contribution in [0.5, 0.6) is 5.75 Å². The van der Waals surface area contributed by atoms with E-state index in [1.54, 1.807) is 6.07 Å². The van der Waals surface area contributed by atoms with Crippen molar-refractivity contribution in [1.29, 1.82) is 0 Å². The number of aliphatic hydroxyl groups is 1. The lowest BCUT2D eigenvalue weighted by Gasteiger charge is -2.29. The molecule has 0 amide bonds. The van der Waals surface area contributed by atoms with Crippen LogP contribution in [-0.2, 0) is 0 Å². The Morgan fingerprint density at radius 3 is 2.62 bits per heavy atom. The average Bonchev–Trinajstić information content (AvgIpc) is 2.75. The van der Waals surface area contributed by atoms with Crippen LogP contribution in [0.2, 0.25) is 0 Å². The molecule has 29 heavy (non-hydrogen) atoms. The number of rotatable bonds is 7. The molecule has 5 heteroatoms. The van der Waals surface area contributed by atoms with Gasteiger partial charge in [0, 0.05) is 24.7 Å². The van der Waals surface area contributed by atoms with Gasteiger partial charge in [-0.25, -0.2) is 0 Å². The highest BCUT2D eigenvalue weighted by atomic mass is 16.5. The van der Waals surface area contributed by atoms with Crippen LogP contribution in [0.4, 0.5) is 0 Å². The number of ether oxygens (including phenoxy) is 1. The molecule has 4 rings (SSSR count). The molecule has 5 nitrogen and oxygen atoms in total. The number of benzene rings is 2. The normalized spacial score (nSPS) is 15.6. The number of fused-ring (bicyclic) bond motifs is 1. The second-order valence-corrected chi connectivity index (χ2v) is 7.60. The maximum Gasteiger partial charge on any atom is 0.197 e. The topological polar surface area (TPSA) is 62.9 Å². The summed E-state index contributed by atoms with van der Waals surface area (Å²) in [5, 5.41) is 10.1. The van der Waals surface area contributed by atoms with Crippen LogP contribution in [0.15, 0.2) is 63.8 Å². The van der Waals surface area contributed by atoms with Gasteiger partial charge < -0.3 is 19.2 Å². The maximum absolute atomic E-state index is 12.7. The maximum atomic E-state index is 12.7. The first-order valence-corrected chi connectivity index (χ1v) is 10.4. The van der Waals surface area contributed by atoms with Crippen LogP contribution < -0.4 is 10.2 Å². The fraction of sp³-hybridized carbons (Fsp3) is 0.375. The molecule has 2 aromatic carbocycles. The van der Waals surface area contributed by atoms with Gasteiger partial charge in [0.05, 0.1) is 12.7 Å². The van der Waals surface area contributed by atoms with Crippen molar-refractivity contribution in [1.82, 2.24) is 4.90 Å². The van der Waals surface area contributed by atoms with E-state index >= 15 is 0 Å². The summed E-state index contributed by atoms with van der Waals surface area (Å²) in [4.78, 5) is 15.1. The molecule has 3 aromatic rings. The number of likely N-dealkylation sites (tertiary alicyclic amines) is 1. The van der Waals surface area contributed by atoms with Gasteiger partial charge >= 0.3 is 0 Å². The van der Waals surface area contributed by atoms with Gasteiger partial charge in [0.1, 0.15) is 22.5 Å². The van der Waals surface area contributed by atoms with E-state index in [2.05, 4.69) is 4.90 Å². The van der Waals surface area contributed by atoms with E-state index in [0.717, 1.165) is 50.9 Å². The highest BCUT2D eigenvalue weighted by Gasteiger charge is 2.16. The van der Waals surface area contributed by atoms with Crippen LogP contribution in [0.1, 0.15) is 25.7 Å². The van der Waals surface area contributed by atoms with Crippen LogP contribution in [0.25, 0.3) is 22.3 Å². The zero-order valence-corrected chi connectivity index (χ0v) is 16.5. The van der Waals surface area contributed by atoms with Gasteiger partial charge in [-0.15, -0.1) is 0 Å². The van der Waals surface area contributed by atoms with Crippen molar-refractivity contribution >= 4 is 11.0 Å². The smallest absolute Gasteiger partial charge is 0.197 e. The third kappa shape index (κ3) is 4.86. The van der Waals surface area contributed by atoms with E-state index in [0.29, 0.717) is 29.1 Å². The summed E-state index contributed by atoms with van der Waals surface area (Å²) in [5.41, 5.74) is 1.33. The van der Waals surface area contributed by atoms with Gasteiger partial charge in [0.15, 0.2) is 5.43 Å². The highest BCUT2D eigenvalue weighted by Crippen LogP contribution is 2.27. The summed E-state index contributed by atoms with van der Waals surface area (Å²) in [6, 6.07) is 16.7. The number of hydrogen-bond acceptors (Lipinski definition) is 5. The first-order valence-electron chi connectivity index (χ1n) is 10.4. The van der Waals surface area contributed by atoms with Crippen LogP contribution in [0, 0.1) is 0 Å². The molecule has 0 bridgehead atoms. The molecule has 0 aliphatic carbocycles. The minimum atomic E-state index is -0.130. The first-order chi connectivity index (χ1) is 14.2.